The minimum absolute atomic E-state index is 0.0478. The van der Waals surface area contributed by atoms with Crippen molar-refractivity contribution < 1.29 is 24.0 Å². The van der Waals surface area contributed by atoms with Crippen molar-refractivity contribution in [2.45, 2.75) is 136 Å². The number of rotatable bonds is 29. The smallest absolute Gasteiger partial charge is 0.245 e. The maximum absolute atomic E-state index is 14.3. The molecule has 0 aliphatic carbocycles. The van der Waals surface area contributed by atoms with Gasteiger partial charge in [0.2, 0.25) is 17.7 Å². The molecule has 0 bridgehead atoms. The molecule has 3 heterocycles. The van der Waals surface area contributed by atoms with Crippen LogP contribution in [0.5, 0.6) is 0 Å². The average molecular weight is 949 g/mol. The van der Waals surface area contributed by atoms with Crippen LogP contribution in [0.1, 0.15) is 121 Å². The number of hydrogen-bond donors (Lipinski definition) is 7. The predicted octanol–water partition coefficient (Wildman–Crippen LogP) is 5.94. The van der Waals surface area contributed by atoms with E-state index in [2.05, 4.69) is 42.5 Å². The molecule has 2 aromatic carbocycles. The van der Waals surface area contributed by atoms with Crippen LogP contribution in [0.2, 0.25) is 0 Å². The number of nitrogens with one attached hydrogen (secondary N) is 4. The van der Waals surface area contributed by atoms with Gasteiger partial charge in [0, 0.05) is 80.5 Å². The number of likely N-dealkylation sites (tertiary alicyclic amines) is 1. The van der Waals surface area contributed by atoms with Crippen LogP contribution in [-0.2, 0) is 43.5 Å². The number of nitrogen functional groups attached to an aromatic ring is 1. The number of pyridine rings is 1. The lowest BCUT2D eigenvalue weighted by atomic mass is 9.82. The molecular formula is C50H72N14O5. The van der Waals surface area contributed by atoms with Gasteiger partial charge in [-0.05, 0) is 93.0 Å². The van der Waals surface area contributed by atoms with E-state index in [1.807, 2.05) is 62.4 Å². The summed E-state index contributed by atoms with van der Waals surface area (Å²) in [5.41, 5.74) is 30.7. The molecule has 19 heteroatoms. The molecule has 4 unspecified atom stereocenters. The van der Waals surface area contributed by atoms with Gasteiger partial charge in [-0.1, -0.05) is 74.8 Å². The molecule has 0 spiro atoms. The van der Waals surface area contributed by atoms with Gasteiger partial charge in [-0.3, -0.25) is 29.4 Å². The number of ketones is 2. The lowest BCUT2D eigenvalue weighted by Crippen LogP contribution is -2.52. The highest BCUT2D eigenvalue weighted by molar-refractivity contribution is 6.06. The summed E-state index contributed by atoms with van der Waals surface area (Å²) in [6.45, 7) is 7.98. The van der Waals surface area contributed by atoms with Crippen molar-refractivity contribution in [1.82, 2.24) is 35.4 Å². The van der Waals surface area contributed by atoms with E-state index >= 15 is 0 Å². The zero-order valence-corrected chi connectivity index (χ0v) is 40.6. The average Bonchev–Trinajstić information content (AvgIpc) is 3.97. The van der Waals surface area contributed by atoms with E-state index in [1.165, 1.54) is 4.90 Å². The Balaban J connectivity index is 1.27. The molecule has 4 aromatic rings. The van der Waals surface area contributed by atoms with E-state index < -0.39 is 29.8 Å². The van der Waals surface area contributed by atoms with Gasteiger partial charge in [0.25, 0.3) is 0 Å². The molecule has 19 nitrogen and oxygen atoms in total. The van der Waals surface area contributed by atoms with Gasteiger partial charge < -0.3 is 42.6 Å². The van der Waals surface area contributed by atoms with E-state index in [1.54, 1.807) is 0 Å². The minimum atomic E-state index is -0.878. The van der Waals surface area contributed by atoms with Crippen LogP contribution < -0.4 is 33.2 Å². The third-order valence-electron chi connectivity index (χ3n) is 12.8. The molecule has 1 saturated heterocycles. The highest BCUT2D eigenvalue weighted by Crippen LogP contribution is 2.31. The summed E-state index contributed by atoms with van der Waals surface area (Å²) >= 11 is 0. The molecule has 10 N–H and O–H groups in total. The SMILES string of the molecule is CCCCc1nc2c(N)nc3ccccc3c2n1Cc1ccc(CNC(=O)C(CCCNC(=N)N)CC(=O)C(CC(=O)C2CCCN2C(=O)C(CCCCN)NC(=O)CCN=[N+]=[N-])CC(C)C)cc1. The third-order valence-corrected chi connectivity index (χ3v) is 12.8. The van der Waals surface area contributed by atoms with Crippen molar-refractivity contribution in [1.29, 1.82) is 5.41 Å². The number of guanidine groups is 1. The van der Waals surface area contributed by atoms with E-state index in [-0.39, 0.29) is 67.6 Å². The Bertz CT molecular complexity index is 2450. The Morgan fingerprint density at radius 3 is 2.42 bits per heavy atom. The highest BCUT2D eigenvalue weighted by atomic mass is 16.2. The van der Waals surface area contributed by atoms with Crippen molar-refractivity contribution in [2.75, 3.05) is 31.9 Å². The fraction of sp³-hybridized carbons (Fsp3) is 0.560. The Morgan fingerprint density at radius 2 is 1.71 bits per heavy atom. The first kappa shape index (κ1) is 53.4. The molecular weight excluding hydrogens is 877 g/mol. The van der Waals surface area contributed by atoms with Crippen LogP contribution >= 0.6 is 0 Å². The number of fused-ring (bicyclic) bond motifs is 3. The number of anilines is 1. The number of carbonyl (C=O) groups excluding carboxylic acids is 5. The standard InChI is InChI=1S/C50H72N14O5/c1-4-5-17-43-61-45-46(37-13-6-7-14-38(37)60-47(45)52)64(43)31-34-20-18-33(19-21-34)30-57-48(68)35(12-10-24-56-50(53)54)28-41(65)36(27-32(2)3)29-42(66)40-16-11-26-63(40)49(69)39(15-8-9-23-51)59-44(67)22-25-58-62-55/h6-7,13-14,18-21,32,35-36,39-40H,4-5,8-12,15-17,22-31,51H2,1-3H3,(H2,52,60)(H,57,68)(H,59,67)(H4,53,54,56). The lowest BCUT2D eigenvalue weighted by Gasteiger charge is -2.30. The van der Waals surface area contributed by atoms with Gasteiger partial charge >= 0.3 is 0 Å². The zero-order chi connectivity index (χ0) is 49.9. The maximum atomic E-state index is 14.3. The summed E-state index contributed by atoms with van der Waals surface area (Å²) in [4.78, 5) is 82.9. The van der Waals surface area contributed by atoms with Crippen molar-refractivity contribution in [2.24, 2.45) is 34.3 Å². The first-order valence-corrected chi connectivity index (χ1v) is 24.6. The minimum Gasteiger partial charge on any atom is -0.382 e. The molecule has 1 fully saturated rings. The van der Waals surface area contributed by atoms with E-state index in [4.69, 9.17) is 33.1 Å². The largest absolute Gasteiger partial charge is 0.382 e. The Labute approximate surface area is 404 Å². The first-order valence-electron chi connectivity index (χ1n) is 24.6. The van der Waals surface area contributed by atoms with E-state index in [0.717, 1.165) is 52.6 Å². The molecule has 5 rings (SSSR count). The maximum Gasteiger partial charge on any atom is 0.245 e. The number of azide groups is 1. The van der Waals surface area contributed by atoms with E-state index in [9.17, 15) is 24.0 Å². The van der Waals surface area contributed by atoms with Crippen LogP contribution in [0.25, 0.3) is 32.4 Å². The number of nitrogens with two attached hydrogens (primary N) is 3. The Kier molecular flexibility index (Phi) is 20.7. The highest BCUT2D eigenvalue weighted by Gasteiger charge is 2.39. The summed E-state index contributed by atoms with van der Waals surface area (Å²) < 4.78 is 2.23. The molecule has 1 aliphatic rings. The molecule has 0 radical (unpaired) electrons. The fourth-order valence-electron chi connectivity index (χ4n) is 9.24. The molecule has 1 aliphatic heterocycles. The van der Waals surface area contributed by atoms with Crippen molar-refractivity contribution >= 4 is 63.0 Å². The van der Waals surface area contributed by atoms with Crippen LogP contribution in [0.3, 0.4) is 0 Å². The zero-order valence-electron chi connectivity index (χ0n) is 40.6. The quantitative estimate of drug-likeness (QED) is 0.00834. The van der Waals surface area contributed by atoms with Crippen molar-refractivity contribution in [3.63, 3.8) is 0 Å². The topological polar surface area (TPSA) is 306 Å². The van der Waals surface area contributed by atoms with Crippen LogP contribution in [0, 0.1) is 23.2 Å². The molecule has 0 saturated carbocycles. The normalized spacial score (nSPS) is 14.9. The van der Waals surface area contributed by atoms with Gasteiger partial charge in [-0.2, -0.15) is 0 Å². The summed E-state index contributed by atoms with van der Waals surface area (Å²) in [6, 6.07) is 14.3. The van der Waals surface area contributed by atoms with Crippen LogP contribution in [0.4, 0.5) is 5.82 Å². The number of aromatic nitrogens is 3. The molecule has 3 amide bonds. The summed E-state index contributed by atoms with van der Waals surface area (Å²) in [5.74, 6) is -1.65. The second kappa shape index (κ2) is 26.8. The number of Topliss-reactive ketones (excluding diaryl/α,β-unsaturated/α-hetero) is 2. The van der Waals surface area contributed by atoms with Crippen molar-refractivity contribution in [3.8, 4) is 0 Å². The first-order chi connectivity index (χ1) is 33.2. The van der Waals surface area contributed by atoms with Crippen LogP contribution in [0.15, 0.2) is 53.6 Å². The van der Waals surface area contributed by atoms with Crippen LogP contribution in [-0.4, -0.2) is 92.9 Å². The summed E-state index contributed by atoms with van der Waals surface area (Å²) in [5, 5.41) is 20.6. The molecule has 4 atom stereocenters. The lowest BCUT2D eigenvalue weighted by molar-refractivity contribution is -0.142. The number of nitrogens with zero attached hydrogens (tertiary/aromatic N) is 7. The number of aryl methyl sites for hydroxylation is 1. The number of benzene rings is 2. The summed E-state index contributed by atoms with van der Waals surface area (Å²) in [6.07, 6.45) is 6.42. The van der Waals surface area contributed by atoms with E-state index in [0.29, 0.717) is 88.9 Å². The Hall–Kier alpha value is -6.59. The van der Waals surface area contributed by atoms with Gasteiger partial charge in [0.15, 0.2) is 17.6 Å². The number of hydrogen-bond acceptors (Lipinski definition) is 11. The molecule has 372 valence electrons. The summed E-state index contributed by atoms with van der Waals surface area (Å²) in [7, 11) is 0. The third kappa shape index (κ3) is 15.5. The monoisotopic (exact) mass is 949 g/mol. The second-order valence-corrected chi connectivity index (χ2v) is 18.6. The predicted molar refractivity (Wildman–Crippen MR) is 268 cm³/mol. The fourth-order valence-corrected chi connectivity index (χ4v) is 9.24. The number of carbonyl (C=O) groups is 5. The second-order valence-electron chi connectivity index (χ2n) is 18.6. The number of para-hydroxylation sites is 1. The molecule has 2 aromatic heterocycles. The Morgan fingerprint density at radius 1 is 0.957 bits per heavy atom. The number of amides is 3. The van der Waals surface area contributed by atoms with Gasteiger partial charge in [-0.15, -0.1) is 0 Å². The van der Waals surface area contributed by atoms with Crippen molar-refractivity contribution in [3.05, 3.63) is 75.9 Å². The molecule has 69 heavy (non-hydrogen) atoms. The number of unbranched alkanes of at least 4 members (excludes halogenated alkanes) is 2. The number of imidazole rings is 1. The van der Waals surface area contributed by atoms with Gasteiger partial charge in [-0.25, -0.2) is 9.97 Å². The van der Waals surface area contributed by atoms with Gasteiger partial charge in [0.05, 0.1) is 17.1 Å². The van der Waals surface area contributed by atoms with Gasteiger partial charge in [0.1, 0.15) is 23.2 Å².